The number of carbonyl (C=O) groups is 4. The monoisotopic (exact) mass is 519 g/mol. The number of barbiturate groups is 1. The number of nitrogens with one attached hydrogen (secondary N) is 2. The standard InChI is InChI=1S/C27H22FN3O7/c1-36-20-10-8-19(9-11-20)31-26(34)21(25(33)30-27(31)35)13-16-3-12-22(23(14-16)37-2)38-15-24(32)29-18-6-4-17(28)5-7-18/h3-14H,15H2,1-2H3,(H,29,32)(H,30,33,35)/b21-13+. The molecule has 4 rings (SSSR count). The first kappa shape index (κ1) is 25.9. The Morgan fingerprint density at radius 2 is 1.66 bits per heavy atom. The number of methoxy groups -OCH3 is 2. The predicted octanol–water partition coefficient (Wildman–Crippen LogP) is 3.53. The SMILES string of the molecule is COc1ccc(N2C(=O)NC(=O)/C(=C\c3ccc(OCC(=O)Nc4ccc(F)cc4)c(OC)c3)C2=O)cc1. The molecule has 0 saturated carbocycles. The topological polar surface area (TPSA) is 123 Å². The number of imide groups is 2. The van der Waals surface area contributed by atoms with E-state index in [0.717, 1.165) is 4.90 Å². The van der Waals surface area contributed by atoms with Gasteiger partial charge in [0, 0.05) is 5.69 Å². The highest BCUT2D eigenvalue weighted by molar-refractivity contribution is 6.39. The molecular weight excluding hydrogens is 497 g/mol. The lowest BCUT2D eigenvalue weighted by Crippen LogP contribution is -2.54. The van der Waals surface area contributed by atoms with E-state index < -0.39 is 29.6 Å². The van der Waals surface area contributed by atoms with Crippen molar-refractivity contribution in [2.75, 3.05) is 31.0 Å². The summed E-state index contributed by atoms with van der Waals surface area (Å²) in [5.41, 5.74) is 0.806. The average molecular weight is 519 g/mol. The molecule has 0 aliphatic carbocycles. The van der Waals surface area contributed by atoms with Gasteiger partial charge in [-0.3, -0.25) is 19.7 Å². The molecule has 1 saturated heterocycles. The summed E-state index contributed by atoms with van der Waals surface area (Å²) < 4.78 is 29.0. The first-order valence-corrected chi connectivity index (χ1v) is 11.2. The van der Waals surface area contributed by atoms with Crippen molar-refractivity contribution in [2.45, 2.75) is 0 Å². The van der Waals surface area contributed by atoms with Gasteiger partial charge >= 0.3 is 6.03 Å². The van der Waals surface area contributed by atoms with Crippen LogP contribution in [0.5, 0.6) is 17.2 Å². The van der Waals surface area contributed by atoms with E-state index in [0.29, 0.717) is 17.0 Å². The molecule has 3 aromatic carbocycles. The summed E-state index contributed by atoms with van der Waals surface area (Å²) in [6, 6.07) is 15.2. The minimum Gasteiger partial charge on any atom is -0.497 e. The molecule has 2 N–H and O–H groups in total. The lowest BCUT2D eigenvalue weighted by molar-refractivity contribution is -0.122. The molecule has 0 aromatic heterocycles. The molecule has 11 heteroatoms. The minimum absolute atomic E-state index is 0.235. The van der Waals surface area contributed by atoms with Gasteiger partial charge in [-0.05, 0) is 72.3 Å². The summed E-state index contributed by atoms with van der Waals surface area (Å²) in [6.45, 7) is -0.353. The molecule has 0 bridgehead atoms. The Morgan fingerprint density at radius 1 is 0.947 bits per heavy atom. The third-order valence-corrected chi connectivity index (χ3v) is 5.42. The second-order valence-electron chi connectivity index (χ2n) is 7.91. The van der Waals surface area contributed by atoms with E-state index in [2.05, 4.69) is 10.6 Å². The molecule has 1 aliphatic rings. The van der Waals surface area contributed by atoms with Crippen LogP contribution in [-0.4, -0.2) is 44.6 Å². The van der Waals surface area contributed by atoms with Gasteiger partial charge in [0.15, 0.2) is 18.1 Å². The Labute approximate surface area is 216 Å². The van der Waals surface area contributed by atoms with E-state index in [4.69, 9.17) is 14.2 Å². The molecule has 0 spiro atoms. The number of benzene rings is 3. The number of hydrogen-bond acceptors (Lipinski definition) is 7. The van der Waals surface area contributed by atoms with E-state index in [1.807, 2.05) is 0 Å². The van der Waals surface area contributed by atoms with Crippen molar-refractivity contribution in [3.63, 3.8) is 0 Å². The van der Waals surface area contributed by atoms with Crippen molar-refractivity contribution in [1.82, 2.24) is 5.32 Å². The molecule has 194 valence electrons. The number of rotatable bonds is 8. The summed E-state index contributed by atoms with van der Waals surface area (Å²) in [5, 5.41) is 4.74. The molecule has 10 nitrogen and oxygen atoms in total. The van der Waals surface area contributed by atoms with Crippen molar-refractivity contribution < 1.29 is 37.8 Å². The molecule has 3 aromatic rings. The highest BCUT2D eigenvalue weighted by Crippen LogP contribution is 2.30. The molecule has 1 heterocycles. The van der Waals surface area contributed by atoms with Crippen LogP contribution >= 0.6 is 0 Å². The number of anilines is 2. The van der Waals surface area contributed by atoms with Gasteiger partial charge in [-0.25, -0.2) is 14.1 Å². The van der Waals surface area contributed by atoms with E-state index in [-0.39, 0.29) is 29.4 Å². The maximum Gasteiger partial charge on any atom is 0.335 e. The summed E-state index contributed by atoms with van der Waals surface area (Å²) in [7, 11) is 2.88. The van der Waals surface area contributed by atoms with E-state index in [1.54, 1.807) is 18.2 Å². The van der Waals surface area contributed by atoms with Crippen LogP contribution in [0.3, 0.4) is 0 Å². The van der Waals surface area contributed by atoms with Crippen molar-refractivity contribution >= 4 is 41.2 Å². The second kappa shape index (κ2) is 11.2. The molecule has 38 heavy (non-hydrogen) atoms. The fourth-order valence-electron chi connectivity index (χ4n) is 3.56. The Bertz CT molecular complexity index is 1420. The van der Waals surface area contributed by atoms with Crippen LogP contribution in [0.15, 0.2) is 72.3 Å². The molecule has 0 unspecified atom stereocenters. The zero-order valence-electron chi connectivity index (χ0n) is 20.3. The predicted molar refractivity (Wildman–Crippen MR) is 136 cm³/mol. The number of halogens is 1. The Kier molecular flexibility index (Phi) is 7.66. The van der Waals surface area contributed by atoms with Crippen molar-refractivity contribution in [3.05, 3.63) is 83.7 Å². The molecule has 0 atom stereocenters. The van der Waals surface area contributed by atoms with Gasteiger partial charge < -0.3 is 19.5 Å². The Hall–Kier alpha value is -5.19. The van der Waals surface area contributed by atoms with Crippen LogP contribution in [0.4, 0.5) is 20.6 Å². The lowest BCUT2D eigenvalue weighted by Gasteiger charge is -2.26. The van der Waals surface area contributed by atoms with Crippen molar-refractivity contribution in [2.24, 2.45) is 0 Å². The Balaban J connectivity index is 1.50. The molecule has 1 aliphatic heterocycles. The van der Waals surface area contributed by atoms with Crippen LogP contribution in [0.25, 0.3) is 6.08 Å². The largest absolute Gasteiger partial charge is 0.497 e. The number of ether oxygens (including phenoxy) is 3. The van der Waals surface area contributed by atoms with Crippen molar-refractivity contribution in [1.29, 1.82) is 0 Å². The smallest absolute Gasteiger partial charge is 0.335 e. The van der Waals surface area contributed by atoms with Crippen LogP contribution in [0, 0.1) is 5.82 Å². The third kappa shape index (κ3) is 5.78. The van der Waals surface area contributed by atoms with Gasteiger partial charge in [0.05, 0.1) is 19.9 Å². The zero-order valence-corrected chi connectivity index (χ0v) is 20.3. The summed E-state index contributed by atoms with van der Waals surface area (Å²) in [4.78, 5) is 51.0. The maximum atomic E-state index is 13.1. The lowest BCUT2D eigenvalue weighted by atomic mass is 10.1. The van der Waals surface area contributed by atoms with Crippen LogP contribution < -0.4 is 29.7 Å². The third-order valence-electron chi connectivity index (χ3n) is 5.42. The van der Waals surface area contributed by atoms with Gasteiger partial charge in [0.25, 0.3) is 17.7 Å². The zero-order chi connectivity index (χ0) is 27.2. The Morgan fingerprint density at radius 3 is 2.32 bits per heavy atom. The first-order chi connectivity index (χ1) is 18.3. The van der Waals surface area contributed by atoms with E-state index >= 15 is 0 Å². The first-order valence-electron chi connectivity index (χ1n) is 11.2. The fraction of sp³-hybridized carbons (Fsp3) is 0.111. The van der Waals surface area contributed by atoms with Crippen molar-refractivity contribution in [3.8, 4) is 17.2 Å². The van der Waals surface area contributed by atoms with Gasteiger partial charge in [0.2, 0.25) is 0 Å². The summed E-state index contributed by atoms with van der Waals surface area (Å²) in [6.07, 6.45) is 1.31. The number of urea groups is 1. The van der Waals surface area contributed by atoms with E-state index in [9.17, 15) is 23.6 Å². The van der Waals surface area contributed by atoms with Crippen LogP contribution in [0.1, 0.15) is 5.56 Å². The fourth-order valence-corrected chi connectivity index (χ4v) is 3.56. The quantitative estimate of drug-likeness (QED) is 0.345. The summed E-state index contributed by atoms with van der Waals surface area (Å²) in [5.74, 6) is -1.54. The van der Waals surface area contributed by atoms with Gasteiger partial charge in [-0.2, -0.15) is 0 Å². The molecular formula is C27H22FN3O7. The summed E-state index contributed by atoms with van der Waals surface area (Å²) >= 11 is 0. The number of hydrogen-bond donors (Lipinski definition) is 2. The van der Waals surface area contributed by atoms with Gasteiger partial charge in [-0.15, -0.1) is 0 Å². The number of carbonyl (C=O) groups excluding carboxylic acids is 4. The normalized spacial score (nSPS) is 14.2. The highest BCUT2D eigenvalue weighted by Gasteiger charge is 2.36. The van der Waals surface area contributed by atoms with Crippen LogP contribution in [-0.2, 0) is 14.4 Å². The molecule has 0 radical (unpaired) electrons. The van der Waals surface area contributed by atoms with Gasteiger partial charge in [-0.1, -0.05) is 6.07 Å². The average Bonchev–Trinajstić information content (AvgIpc) is 2.91. The highest BCUT2D eigenvalue weighted by atomic mass is 19.1. The van der Waals surface area contributed by atoms with Crippen LogP contribution in [0.2, 0.25) is 0 Å². The molecule has 1 fully saturated rings. The molecule has 5 amide bonds. The minimum atomic E-state index is -0.873. The maximum absolute atomic E-state index is 13.1. The second-order valence-corrected chi connectivity index (χ2v) is 7.91. The number of amides is 5. The van der Waals surface area contributed by atoms with E-state index in [1.165, 1.54) is 68.8 Å². The number of nitrogens with zero attached hydrogens (tertiary/aromatic N) is 1. The van der Waals surface area contributed by atoms with Gasteiger partial charge in [0.1, 0.15) is 17.1 Å².